The predicted octanol–water partition coefficient (Wildman–Crippen LogP) is 5.74. The first-order chi connectivity index (χ1) is 16.5. The molecule has 1 aromatic rings. The highest BCUT2D eigenvalue weighted by atomic mass is 32.2. The maximum absolute atomic E-state index is 12.7. The van der Waals surface area contributed by atoms with Crippen LogP contribution in [0.2, 0.25) is 0 Å². The monoisotopic (exact) mass is 521 g/mol. The fourth-order valence-corrected chi connectivity index (χ4v) is 6.10. The van der Waals surface area contributed by atoms with Gasteiger partial charge in [-0.2, -0.15) is 0 Å². The van der Waals surface area contributed by atoms with Crippen LogP contribution in [-0.2, 0) is 9.63 Å². The Kier molecular flexibility index (Phi) is 8.42. The topological polar surface area (TPSA) is 97.7 Å². The smallest absolute Gasteiger partial charge is 0.409 e. The minimum absolute atomic E-state index is 0.327. The molecule has 0 bridgehead atoms. The van der Waals surface area contributed by atoms with Crippen LogP contribution in [0.1, 0.15) is 48.5 Å². The molecule has 0 fully saturated rings. The maximum Gasteiger partial charge on any atom is 0.415 e. The van der Waals surface area contributed by atoms with Crippen LogP contribution in [0, 0.1) is 5.41 Å². The van der Waals surface area contributed by atoms with E-state index in [1.54, 1.807) is 21.9 Å². The van der Waals surface area contributed by atoms with Gasteiger partial charge in [0.1, 0.15) is 22.8 Å². The number of hydrogen-bond donors (Lipinski definition) is 0. The zero-order valence-corrected chi connectivity index (χ0v) is 22.7. The molecule has 3 rings (SSSR count). The van der Waals surface area contributed by atoms with E-state index in [2.05, 4.69) is 5.16 Å². The van der Waals surface area contributed by atoms with Crippen LogP contribution in [0.15, 0.2) is 36.9 Å². The SMILES string of the molecule is CCN(CC)C(=O)Oc1ccc(OC(=O)N(CC)CC)c2c1SC(=C1C(=O)ON=C1C(C)(C)C)S2. The lowest BCUT2D eigenvalue weighted by Crippen LogP contribution is -2.33. The molecule has 0 aliphatic carbocycles. The number of carbonyl (C=O) groups excluding carboxylic acids is 3. The van der Waals surface area contributed by atoms with Crippen LogP contribution in [0.5, 0.6) is 11.5 Å². The van der Waals surface area contributed by atoms with Crippen molar-refractivity contribution in [3.63, 3.8) is 0 Å². The van der Waals surface area contributed by atoms with Gasteiger partial charge in [-0.3, -0.25) is 0 Å². The molecular weight excluding hydrogens is 490 g/mol. The fourth-order valence-electron chi connectivity index (χ4n) is 3.44. The van der Waals surface area contributed by atoms with Crippen molar-refractivity contribution in [3.8, 4) is 11.5 Å². The molecular formula is C24H31N3O6S2. The first-order valence-corrected chi connectivity index (χ1v) is 13.2. The summed E-state index contributed by atoms with van der Waals surface area (Å²) in [6.45, 7) is 15.3. The van der Waals surface area contributed by atoms with Crippen LogP contribution >= 0.6 is 23.5 Å². The van der Waals surface area contributed by atoms with E-state index in [1.807, 2.05) is 48.5 Å². The Labute approximate surface area is 214 Å². The van der Waals surface area contributed by atoms with Gasteiger partial charge < -0.3 is 24.1 Å². The highest BCUT2D eigenvalue weighted by Crippen LogP contribution is 2.59. The molecule has 0 unspecified atom stereocenters. The van der Waals surface area contributed by atoms with Crippen molar-refractivity contribution >= 4 is 47.4 Å². The second-order valence-corrected chi connectivity index (χ2v) is 11.0. The molecule has 9 nitrogen and oxygen atoms in total. The highest BCUT2D eigenvalue weighted by molar-refractivity contribution is 8.25. The van der Waals surface area contributed by atoms with E-state index in [4.69, 9.17) is 14.3 Å². The average Bonchev–Trinajstić information content (AvgIpc) is 3.41. The summed E-state index contributed by atoms with van der Waals surface area (Å²) >= 11 is 2.55. The molecule has 2 aliphatic heterocycles. The van der Waals surface area contributed by atoms with Crippen LogP contribution in [0.3, 0.4) is 0 Å². The van der Waals surface area contributed by atoms with Gasteiger partial charge in [-0.1, -0.05) is 49.5 Å². The number of amides is 2. The van der Waals surface area contributed by atoms with Gasteiger partial charge >= 0.3 is 18.2 Å². The molecule has 2 amide bonds. The Morgan fingerprint density at radius 3 is 1.69 bits per heavy atom. The number of thioether (sulfide) groups is 2. The Hall–Kier alpha value is -2.66. The van der Waals surface area contributed by atoms with Gasteiger partial charge in [0.05, 0.1) is 14.0 Å². The zero-order chi connectivity index (χ0) is 25.9. The normalized spacial score (nSPS) is 14.9. The van der Waals surface area contributed by atoms with Gasteiger partial charge in [0.15, 0.2) is 0 Å². The van der Waals surface area contributed by atoms with Crippen molar-refractivity contribution in [3.05, 3.63) is 21.9 Å². The van der Waals surface area contributed by atoms with Crippen molar-refractivity contribution in [2.24, 2.45) is 10.6 Å². The van der Waals surface area contributed by atoms with Gasteiger partial charge in [0, 0.05) is 31.6 Å². The molecule has 0 radical (unpaired) electrons. The predicted molar refractivity (Wildman–Crippen MR) is 136 cm³/mol. The van der Waals surface area contributed by atoms with E-state index >= 15 is 0 Å². The lowest BCUT2D eigenvalue weighted by molar-refractivity contribution is -0.136. The van der Waals surface area contributed by atoms with E-state index in [1.165, 1.54) is 23.5 Å². The zero-order valence-electron chi connectivity index (χ0n) is 21.1. The van der Waals surface area contributed by atoms with E-state index < -0.39 is 23.6 Å². The number of rotatable bonds is 6. The number of nitrogens with zero attached hydrogens (tertiary/aromatic N) is 3. The summed E-state index contributed by atoms with van der Waals surface area (Å²) < 4.78 is 12.1. The standard InChI is InChI=1S/C24H31N3O6S2/c1-8-26(9-2)22(29)31-14-12-13-15(32-23(30)27(10-3)11-4)18-17(14)34-21(35-18)16-19(24(5,6)7)25-33-20(16)28/h12-13H,8-11H2,1-7H3. The van der Waals surface area contributed by atoms with Gasteiger partial charge in [-0.15, -0.1) is 0 Å². The molecule has 35 heavy (non-hydrogen) atoms. The van der Waals surface area contributed by atoms with E-state index in [0.717, 1.165) is 0 Å². The molecule has 0 aromatic heterocycles. The summed E-state index contributed by atoms with van der Waals surface area (Å²) in [5, 5.41) is 4.01. The molecule has 1 aromatic carbocycles. The Balaban J connectivity index is 2.06. The van der Waals surface area contributed by atoms with Crippen LogP contribution in [-0.4, -0.2) is 59.8 Å². The van der Waals surface area contributed by atoms with Crippen LogP contribution in [0.25, 0.3) is 0 Å². The highest BCUT2D eigenvalue weighted by Gasteiger charge is 2.40. The minimum Gasteiger partial charge on any atom is -0.409 e. The quantitative estimate of drug-likeness (QED) is 0.345. The molecule has 0 saturated heterocycles. The largest absolute Gasteiger partial charge is 0.415 e. The third-order valence-electron chi connectivity index (χ3n) is 5.44. The summed E-state index contributed by atoms with van der Waals surface area (Å²) in [5.41, 5.74) is 0.472. The second-order valence-electron chi connectivity index (χ2n) is 8.74. The maximum atomic E-state index is 12.7. The molecule has 2 heterocycles. The summed E-state index contributed by atoms with van der Waals surface area (Å²) in [6.07, 6.45) is -0.956. The molecule has 2 aliphatic rings. The van der Waals surface area contributed by atoms with Gasteiger partial charge in [-0.05, 0) is 39.8 Å². The van der Waals surface area contributed by atoms with Crippen molar-refractivity contribution in [2.75, 3.05) is 26.2 Å². The van der Waals surface area contributed by atoms with Gasteiger partial charge in [0.2, 0.25) is 0 Å². The van der Waals surface area contributed by atoms with Crippen molar-refractivity contribution in [2.45, 2.75) is 58.3 Å². The molecule has 0 N–H and O–H groups in total. The van der Waals surface area contributed by atoms with Gasteiger partial charge in [-0.25, -0.2) is 14.4 Å². The number of ether oxygens (including phenoxy) is 2. The summed E-state index contributed by atoms with van der Waals surface area (Å²) in [6, 6.07) is 3.22. The van der Waals surface area contributed by atoms with Crippen molar-refractivity contribution in [1.82, 2.24) is 9.80 Å². The third-order valence-corrected chi connectivity index (χ3v) is 8.07. The van der Waals surface area contributed by atoms with Gasteiger partial charge in [0.25, 0.3) is 0 Å². The van der Waals surface area contributed by atoms with E-state index in [-0.39, 0.29) is 0 Å². The number of hydrogen-bond acceptors (Lipinski definition) is 9. The molecule has 11 heteroatoms. The Bertz CT molecular complexity index is 1030. The number of carbonyl (C=O) groups is 3. The molecule has 190 valence electrons. The van der Waals surface area contributed by atoms with Crippen LogP contribution < -0.4 is 9.47 Å². The lowest BCUT2D eigenvalue weighted by atomic mass is 9.86. The number of benzene rings is 1. The Morgan fingerprint density at radius 1 is 0.886 bits per heavy atom. The summed E-state index contributed by atoms with van der Waals surface area (Å²) in [5.74, 6) is 0.114. The average molecular weight is 522 g/mol. The van der Waals surface area contributed by atoms with Crippen molar-refractivity contribution in [1.29, 1.82) is 0 Å². The minimum atomic E-state index is -0.541. The first-order valence-electron chi connectivity index (χ1n) is 11.6. The lowest BCUT2D eigenvalue weighted by Gasteiger charge is -2.20. The fraction of sp³-hybridized carbons (Fsp3) is 0.500. The Morgan fingerprint density at radius 2 is 1.31 bits per heavy atom. The number of oxime groups is 1. The number of fused-ring (bicyclic) bond motifs is 1. The van der Waals surface area contributed by atoms with E-state index in [0.29, 0.717) is 63.0 Å². The van der Waals surface area contributed by atoms with E-state index in [9.17, 15) is 14.4 Å². The summed E-state index contributed by atoms with van der Waals surface area (Å²) in [7, 11) is 0. The summed E-state index contributed by atoms with van der Waals surface area (Å²) in [4.78, 5) is 47.3. The molecule has 0 atom stereocenters. The second kappa shape index (κ2) is 10.9. The molecule has 0 saturated carbocycles. The van der Waals surface area contributed by atoms with Crippen molar-refractivity contribution < 1.29 is 28.7 Å². The molecule has 0 spiro atoms. The van der Waals surface area contributed by atoms with Crippen LogP contribution in [0.4, 0.5) is 9.59 Å². The third kappa shape index (κ3) is 5.61. The first kappa shape index (κ1) is 26.9.